The van der Waals surface area contributed by atoms with E-state index in [0.29, 0.717) is 12.2 Å². The molecule has 4 nitrogen and oxygen atoms in total. The maximum atomic E-state index is 11.4. The molecule has 1 aliphatic heterocycles. The van der Waals surface area contributed by atoms with Gasteiger partial charge in [0.25, 0.3) is 0 Å². The molecule has 0 spiro atoms. The smallest absolute Gasteiger partial charge is 0.160 e. The number of rotatable bonds is 3. The second-order valence-electron chi connectivity index (χ2n) is 2.84. The number of hydrogen-bond acceptors (Lipinski definition) is 4. The number of nitriles is 1. The van der Waals surface area contributed by atoms with Crippen LogP contribution in [0.25, 0.3) is 0 Å². The molecular formula is C8H12N2O2S. The minimum Gasteiger partial charge on any atom is -0.386 e. The molecule has 0 aromatic rings. The van der Waals surface area contributed by atoms with E-state index in [0.717, 1.165) is 0 Å². The summed E-state index contributed by atoms with van der Waals surface area (Å²) in [5, 5.41) is 10.8. The molecule has 1 saturated heterocycles. The van der Waals surface area contributed by atoms with E-state index in [9.17, 15) is 8.42 Å². The van der Waals surface area contributed by atoms with Crippen LogP contribution >= 0.6 is 0 Å². The maximum absolute atomic E-state index is 11.4. The Labute approximate surface area is 78.2 Å². The van der Waals surface area contributed by atoms with Crippen LogP contribution in [0.15, 0.2) is 11.8 Å². The second kappa shape index (κ2) is 3.79. The number of nitrogens with zero attached hydrogens (tertiary/aromatic N) is 1. The van der Waals surface area contributed by atoms with Crippen molar-refractivity contribution in [1.29, 1.82) is 5.26 Å². The zero-order valence-electron chi connectivity index (χ0n) is 7.45. The standard InChI is InChI=1S/C8H12N2O2S/c1-2-13(11,12)8-6-10-7(8)4-3-5-9/h4,8,10H,2-3,6H2,1H3. The molecule has 1 atom stereocenters. The summed E-state index contributed by atoms with van der Waals surface area (Å²) in [7, 11) is -2.98. The first-order valence-corrected chi connectivity index (χ1v) is 5.85. The van der Waals surface area contributed by atoms with Gasteiger partial charge in [0.2, 0.25) is 0 Å². The SMILES string of the molecule is CCS(=O)(=O)C1CNC1=CCC#N. The molecule has 1 N–H and O–H groups in total. The van der Waals surface area contributed by atoms with Crippen molar-refractivity contribution in [2.24, 2.45) is 0 Å². The largest absolute Gasteiger partial charge is 0.386 e. The van der Waals surface area contributed by atoms with Gasteiger partial charge in [0, 0.05) is 18.0 Å². The molecule has 72 valence electrons. The molecule has 1 unspecified atom stereocenters. The summed E-state index contributed by atoms with van der Waals surface area (Å²) in [6, 6.07) is 1.95. The monoisotopic (exact) mass is 200 g/mol. The molecule has 0 radical (unpaired) electrons. The van der Waals surface area contributed by atoms with E-state index in [1.165, 1.54) is 0 Å². The lowest BCUT2D eigenvalue weighted by atomic mass is 10.1. The Balaban J connectivity index is 2.71. The Morgan fingerprint density at radius 3 is 2.85 bits per heavy atom. The number of allylic oxidation sites excluding steroid dienone is 1. The van der Waals surface area contributed by atoms with Gasteiger partial charge in [-0.15, -0.1) is 0 Å². The van der Waals surface area contributed by atoms with Crippen molar-refractivity contribution in [2.75, 3.05) is 12.3 Å². The highest BCUT2D eigenvalue weighted by Gasteiger charge is 2.34. The average Bonchev–Trinajstić information content (AvgIpc) is 2.02. The summed E-state index contributed by atoms with van der Waals surface area (Å²) in [5.41, 5.74) is 0.684. The Bertz CT molecular complexity index is 351. The minimum atomic E-state index is -2.98. The Hall–Kier alpha value is -1.02. The van der Waals surface area contributed by atoms with Crippen LogP contribution in [0.5, 0.6) is 0 Å². The van der Waals surface area contributed by atoms with Crippen LogP contribution in [-0.2, 0) is 9.84 Å². The topological polar surface area (TPSA) is 70.0 Å². The fourth-order valence-electron chi connectivity index (χ4n) is 1.18. The van der Waals surface area contributed by atoms with E-state index in [2.05, 4.69) is 5.32 Å². The van der Waals surface area contributed by atoms with E-state index in [-0.39, 0.29) is 12.2 Å². The lowest BCUT2D eigenvalue weighted by molar-refractivity contribution is 0.550. The van der Waals surface area contributed by atoms with Crippen LogP contribution in [0.1, 0.15) is 13.3 Å². The molecule has 0 aromatic heterocycles. The van der Waals surface area contributed by atoms with Crippen LogP contribution in [0.2, 0.25) is 0 Å². The molecule has 0 amide bonds. The molecule has 0 aromatic carbocycles. The third kappa shape index (κ3) is 2.01. The van der Waals surface area contributed by atoms with Crippen molar-refractivity contribution in [3.05, 3.63) is 11.8 Å². The first-order valence-electron chi connectivity index (χ1n) is 4.14. The molecule has 0 bridgehead atoms. The number of hydrogen-bond donors (Lipinski definition) is 1. The van der Waals surface area contributed by atoms with Crippen LogP contribution < -0.4 is 5.32 Å². The van der Waals surface area contributed by atoms with Crippen molar-refractivity contribution >= 4 is 9.84 Å². The van der Waals surface area contributed by atoms with Crippen LogP contribution in [-0.4, -0.2) is 26.0 Å². The van der Waals surface area contributed by atoms with Crippen molar-refractivity contribution in [3.63, 3.8) is 0 Å². The van der Waals surface area contributed by atoms with E-state index >= 15 is 0 Å². The summed E-state index contributed by atoms with van der Waals surface area (Å²) in [4.78, 5) is 0. The molecule has 0 saturated carbocycles. The third-order valence-corrected chi connectivity index (χ3v) is 4.18. The predicted molar refractivity (Wildman–Crippen MR) is 49.6 cm³/mol. The second-order valence-corrected chi connectivity index (χ2v) is 5.31. The lowest BCUT2D eigenvalue weighted by Gasteiger charge is -2.31. The highest BCUT2D eigenvalue weighted by Crippen LogP contribution is 2.18. The zero-order valence-corrected chi connectivity index (χ0v) is 8.26. The summed E-state index contributed by atoms with van der Waals surface area (Å²) in [6.45, 7) is 2.11. The first kappa shape index (κ1) is 10.1. The summed E-state index contributed by atoms with van der Waals surface area (Å²) in [5.74, 6) is 0.156. The molecule has 1 heterocycles. The van der Waals surface area contributed by atoms with Gasteiger partial charge in [0.05, 0.1) is 12.5 Å². The minimum absolute atomic E-state index is 0.156. The van der Waals surface area contributed by atoms with Crippen molar-refractivity contribution < 1.29 is 8.42 Å². The molecule has 1 rings (SSSR count). The maximum Gasteiger partial charge on any atom is 0.160 e. The van der Waals surface area contributed by atoms with Crippen LogP contribution in [0.4, 0.5) is 0 Å². The Morgan fingerprint density at radius 2 is 2.46 bits per heavy atom. The van der Waals surface area contributed by atoms with E-state index < -0.39 is 15.1 Å². The van der Waals surface area contributed by atoms with Gasteiger partial charge < -0.3 is 5.32 Å². The van der Waals surface area contributed by atoms with Gasteiger partial charge in [-0.3, -0.25) is 0 Å². The first-order chi connectivity index (χ1) is 6.11. The van der Waals surface area contributed by atoms with Gasteiger partial charge in [-0.05, 0) is 0 Å². The predicted octanol–water partition coefficient (Wildman–Crippen LogP) is 0.190. The molecule has 0 aliphatic carbocycles. The average molecular weight is 200 g/mol. The highest BCUT2D eigenvalue weighted by molar-refractivity contribution is 7.92. The Morgan fingerprint density at radius 1 is 1.77 bits per heavy atom. The molecule has 1 aliphatic rings. The highest BCUT2D eigenvalue weighted by atomic mass is 32.2. The van der Waals surface area contributed by atoms with Gasteiger partial charge in [-0.2, -0.15) is 5.26 Å². The van der Waals surface area contributed by atoms with Crippen LogP contribution in [0, 0.1) is 11.3 Å². The van der Waals surface area contributed by atoms with E-state index in [1.54, 1.807) is 13.0 Å². The van der Waals surface area contributed by atoms with Gasteiger partial charge in [-0.1, -0.05) is 13.0 Å². The van der Waals surface area contributed by atoms with E-state index in [1.807, 2.05) is 6.07 Å². The summed E-state index contributed by atoms with van der Waals surface area (Å²) < 4.78 is 22.8. The number of sulfone groups is 1. The number of nitrogens with one attached hydrogen (secondary N) is 1. The third-order valence-electron chi connectivity index (χ3n) is 2.09. The van der Waals surface area contributed by atoms with Crippen LogP contribution in [0.3, 0.4) is 0 Å². The normalized spacial score (nSPS) is 24.6. The molecule has 13 heavy (non-hydrogen) atoms. The molecule has 5 heteroatoms. The van der Waals surface area contributed by atoms with Crippen molar-refractivity contribution in [3.8, 4) is 6.07 Å². The van der Waals surface area contributed by atoms with Gasteiger partial charge in [0.1, 0.15) is 5.25 Å². The molecular weight excluding hydrogens is 188 g/mol. The van der Waals surface area contributed by atoms with Gasteiger partial charge >= 0.3 is 0 Å². The quantitative estimate of drug-likeness (QED) is 0.706. The zero-order chi connectivity index (χ0) is 9.90. The van der Waals surface area contributed by atoms with Crippen molar-refractivity contribution in [1.82, 2.24) is 5.32 Å². The van der Waals surface area contributed by atoms with Crippen molar-refractivity contribution in [2.45, 2.75) is 18.6 Å². The van der Waals surface area contributed by atoms with E-state index in [4.69, 9.17) is 5.26 Å². The fraction of sp³-hybridized carbons (Fsp3) is 0.625. The van der Waals surface area contributed by atoms with Gasteiger partial charge in [0.15, 0.2) is 9.84 Å². The molecule has 1 fully saturated rings. The summed E-state index contributed by atoms with van der Waals surface area (Å²) >= 11 is 0. The van der Waals surface area contributed by atoms with Gasteiger partial charge in [-0.25, -0.2) is 8.42 Å². The summed E-state index contributed by atoms with van der Waals surface area (Å²) in [6.07, 6.45) is 1.90. The lowest BCUT2D eigenvalue weighted by Crippen LogP contribution is -2.49. The fourth-order valence-corrected chi connectivity index (χ4v) is 2.49. The Kier molecular flexibility index (Phi) is 2.94.